The number of hydrogen-bond donors (Lipinski definition) is 1. The average molecular weight is 400 g/mol. The second-order valence-electron chi connectivity index (χ2n) is 5.96. The summed E-state index contributed by atoms with van der Waals surface area (Å²) in [5.41, 5.74) is 2.36. The second kappa shape index (κ2) is 7.69. The summed E-state index contributed by atoms with van der Waals surface area (Å²) in [6, 6.07) is 7.29. The minimum absolute atomic E-state index is 0.0874. The van der Waals surface area contributed by atoms with E-state index in [-0.39, 0.29) is 5.65 Å². The maximum absolute atomic E-state index is 13.0. The number of aryl methyl sites for hydroxylation is 1. The van der Waals surface area contributed by atoms with Gasteiger partial charge in [-0.15, -0.1) is 15.3 Å². The lowest BCUT2D eigenvalue weighted by Gasteiger charge is -2.12. The average Bonchev–Trinajstić information content (AvgIpc) is 3.04. The summed E-state index contributed by atoms with van der Waals surface area (Å²) in [5, 5.41) is 14.5. The minimum Gasteiger partial charge on any atom is -0.375 e. The lowest BCUT2D eigenvalue weighted by atomic mass is 10.2. The molecule has 0 amide bonds. The van der Waals surface area contributed by atoms with E-state index in [4.69, 9.17) is 16.3 Å². The lowest BCUT2D eigenvalue weighted by Crippen LogP contribution is -2.17. The van der Waals surface area contributed by atoms with Gasteiger partial charge in [-0.05, 0) is 37.1 Å². The zero-order valence-corrected chi connectivity index (χ0v) is 15.4. The molecule has 0 spiro atoms. The Morgan fingerprint density at radius 1 is 1.11 bits per heavy atom. The molecule has 3 rings (SSSR count). The Kier molecular flexibility index (Phi) is 5.52. The van der Waals surface area contributed by atoms with Gasteiger partial charge in [-0.3, -0.25) is 0 Å². The molecule has 1 aromatic carbocycles. The quantitative estimate of drug-likeness (QED) is 0.634. The van der Waals surface area contributed by atoms with Crippen LogP contribution in [0.4, 0.5) is 19.0 Å². The van der Waals surface area contributed by atoms with Crippen molar-refractivity contribution in [2.75, 3.05) is 18.5 Å². The summed E-state index contributed by atoms with van der Waals surface area (Å²) >= 11 is 5.82. The lowest BCUT2D eigenvalue weighted by molar-refractivity contribution is -0.146. The van der Waals surface area contributed by atoms with Crippen LogP contribution in [0.5, 0.6) is 0 Å². The third-order valence-electron chi connectivity index (χ3n) is 4.07. The van der Waals surface area contributed by atoms with Crippen LogP contribution in [0.3, 0.4) is 0 Å². The first-order valence-electron chi connectivity index (χ1n) is 8.13. The first-order chi connectivity index (χ1) is 12.8. The Labute approximate surface area is 158 Å². The van der Waals surface area contributed by atoms with Gasteiger partial charge >= 0.3 is 6.18 Å². The molecule has 6 nitrogen and oxygen atoms in total. The first kappa shape index (κ1) is 19.4. The van der Waals surface area contributed by atoms with Gasteiger partial charge in [0.05, 0.1) is 13.2 Å². The van der Waals surface area contributed by atoms with E-state index >= 15 is 0 Å². The fourth-order valence-corrected chi connectivity index (χ4v) is 2.61. The van der Waals surface area contributed by atoms with E-state index in [1.807, 2.05) is 12.1 Å². The van der Waals surface area contributed by atoms with Gasteiger partial charge in [0.25, 0.3) is 5.82 Å². The summed E-state index contributed by atoms with van der Waals surface area (Å²) in [4.78, 5) is 0. The number of rotatable bonds is 6. The molecule has 0 aliphatic heterocycles. The topological polar surface area (TPSA) is 64.3 Å². The first-order valence-corrected chi connectivity index (χ1v) is 8.51. The summed E-state index contributed by atoms with van der Waals surface area (Å²) in [5.74, 6) is -0.817. The van der Waals surface area contributed by atoms with Crippen LogP contribution in [0.25, 0.3) is 5.65 Å². The van der Waals surface area contributed by atoms with Crippen molar-refractivity contribution in [1.82, 2.24) is 19.8 Å². The number of aromatic nitrogens is 4. The number of nitrogens with one attached hydrogen (secondary N) is 1. The van der Waals surface area contributed by atoms with E-state index in [0.717, 1.165) is 10.1 Å². The highest BCUT2D eigenvalue weighted by atomic mass is 35.5. The Bertz CT molecular complexity index is 940. The fourth-order valence-electron chi connectivity index (χ4n) is 2.49. The molecule has 0 radical (unpaired) electrons. The number of benzene rings is 1. The SMILES string of the molecule is Cc1c(NCCOCc2ccc(Cl)cc2)nn2c(C(F)(F)F)nnc2c1C. The minimum atomic E-state index is -4.63. The molecule has 0 bridgehead atoms. The van der Waals surface area contributed by atoms with E-state index in [2.05, 4.69) is 20.6 Å². The highest BCUT2D eigenvalue weighted by molar-refractivity contribution is 6.30. The highest BCUT2D eigenvalue weighted by Gasteiger charge is 2.38. The molecule has 0 saturated carbocycles. The van der Waals surface area contributed by atoms with Gasteiger partial charge in [0, 0.05) is 17.1 Å². The standard InChI is InChI=1S/C17H17ClF3N5O/c1-10-11(2)15-23-24-16(17(19,20)21)26(15)25-14(10)22-7-8-27-9-12-3-5-13(18)6-4-12/h3-6H,7-9H2,1-2H3,(H,22,25). The molecule has 10 heteroatoms. The van der Waals surface area contributed by atoms with Crippen LogP contribution < -0.4 is 5.32 Å². The van der Waals surface area contributed by atoms with E-state index in [9.17, 15) is 13.2 Å². The van der Waals surface area contributed by atoms with Crippen LogP contribution in [-0.4, -0.2) is 33.0 Å². The summed E-state index contributed by atoms with van der Waals surface area (Å²) in [6.07, 6.45) is -4.63. The van der Waals surface area contributed by atoms with Gasteiger partial charge in [0.1, 0.15) is 5.82 Å². The van der Waals surface area contributed by atoms with Crippen LogP contribution in [0, 0.1) is 13.8 Å². The number of fused-ring (bicyclic) bond motifs is 1. The summed E-state index contributed by atoms with van der Waals surface area (Å²) < 4.78 is 45.4. The van der Waals surface area contributed by atoms with Crippen molar-refractivity contribution in [1.29, 1.82) is 0 Å². The Morgan fingerprint density at radius 2 is 1.81 bits per heavy atom. The van der Waals surface area contributed by atoms with Gasteiger partial charge in [0.2, 0.25) is 0 Å². The highest BCUT2D eigenvalue weighted by Crippen LogP contribution is 2.29. The molecular formula is C17H17ClF3N5O. The molecule has 0 saturated heterocycles. The predicted molar refractivity (Wildman–Crippen MR) is 94.9 cm³/mol. The second-order valence-corrected chi connectivity index (χ2v) is 6.40. The van der Waals surface area contributed by atoms with E-state index in [1.54, 1.807) is 26.0 Å². The maximum Gasteiger partial charge on any atom is 0.453 e. The Hall–Kier alpha value is -2.39. The molecule has 0 aliphatic carbocycles. The van der Waals surface area contributed by atoms with Crippen molar-refractivity contribution in [2.24, 2.45) is 0 Å². The normalized spacial score (nSPS) is 11.9. The molecule has 3 aromatic rings. The fraction of sp³-hybridized carbons (Fsp3) is 0.353. The van der Waals surface area contributed by atoms with Crippen molar-refractivity contribution >= 4 is 23.1 Å². The Morgan fingerprint density at radius 3 is 2.48 bits per heavy atom. The third-order valence-corrected chi connectivity index (χ3v) is 4.32. The largest absolute Gasteiger partial charge is 0.453 e. The van der Waals surface area contributed by atoms with Crippen LogP contribution in [0.2, 0.25) is 5.02 Å². The molecule has 1 N–H and O–H groups in total. The van der Waals surface area contributed by atoms with Crippen LogP contribution in [-0.2, 0) is 17.5 Å². The van der Waals surface area contributed by atoms with Crippen LogP contribution >= 0.6 is 11.6 Å². The number of ether oxygens (including phenoxy) is 1. The van der Waals surface area contributed by atoms with Crippen molar-refractivity contribution in [2.45, 2.75) is 26.6 Å². The molecule has 144 valence electrons. The molecule has 0 unspecified atom stereocenters. The van der Waals surface area contributed by atoms with Crippen LogP contribution in [0.15, 0.2) is 24.3 Å². The van der Waals surface area contributed by atoms with E-state index < -0.39 is 12.0 Å². The molecular weight excluding hydrogens is 383 g/mol. The van der Waals surface area contributed by atoms with E-state index in [0.29, 0.717) is 41.7 Å². The smallest absolute Gasteiger partial charge is 0.375 e. The van der Waals surface area contributed by atoms with Gasteiger partial charge < -0.3 is 10.1 Å². The number of nitrogens with zero attached hydrogens (tertiary/aromatic N) is 4. The Balaban J connectivity index is 1.66. The van der Waals surface area contributed by atoms with Crippen molar-refractivity contribution in [3.63, 3.8) is 0 Å². The van der Waals surface area contributed by atoms with Crippen molar-refractivity contribution in [3.8, 4) is 0 Å². The number of hydrogen-bond acceptors (Lipinski definition) is 5. The maximum atomic E-state index is 13.0. The van der Waals surface area contributed by atoms with Gasteiger partial charge in [0.15, 0.2) is 5.65 Å². The van der Waals surface area contributed by atoms with Gasteiger partial charge in [-0.2, -0.15) is 17.7 Å². The molecule has 2 heterocycles. The van der Waals surface area contributed by atoms with Crippen molar-refractivity contribution < 1.29 is 17.9 Å². The molecule has 0 fully saturated rings. The van der Waals surface area contributed by atoms with Gasteiger partial charge in [-0.1, -0.05) is 23.7 Å². The molecule has 27 heavy (non-hydrogen) atoms. The summed E-state index contributed by atoms with van der Waals surface area (Å²) in [7, 11) is 0. The zero-order chi connectivity index (χ0) is 19.6. The zero-order valence-electron chi connectivity index (χ0n) is 14.6. The number of alkyl halides is 3. The van der Waals surface area contributed by atoms with Gasteiger partial charge in [-0.25, -0.2) is 0 Å². The third kappa shape index (κ3) is 4.30. The van der Waals surface area contributed by atoms with Crippen LogP contribution in [0.1, 0.15) is 22.5 Å². The molecule has 2 aromatic heterocycles. The van der Waals surface area contributed by atoms with Crippen molar-refractivity contribution in [3.05, 3.63) is 51.8 Å². The molecule has 0 aliphatic rings. The molecule has 0 atom stereocenters. The monoisotopic (exact) mass is 399 g/mol. The summed E-state index contributed by atoms with van der Waals surface area (Å²) in [6.45, 7) is 4.60. The number of anilines is 1. The number of halogens is 4. The predicted octanol–water partition coefficient (Wildman–Crippen LogP) is 4.04. The van der Waals surface area contributed by atoms with E-state index in [1.165, 1.54) is 0 Å².